The number of carbonyl (C=O) groups is 2. The Morgan fingerprint density at radius 2 is 2.00 bits per heavy atom. The Kier molecular flexibility index (Phi) is 5.41. The zero-order valence-electron chi connectivity index (χ0n) is 13.4. The van der Waals surface area contributed by atoms with Crippen LogP contribution in [0.25, 0.3) is 0 Å². The molecule has 0 aliphatic heterocycles. The van der Waals surface area contributed by atoms with Crippen molar-refractivity contribution in [2.24, 2.45) is 5.92 Å². The van der Waals surface area contributed by atoms with Crippen LogP contribution in [-0.4, -0.2) is 25.2 Å². The van der Waals surface area contributed by atoms with Gasteiger partial charge in [-0.05, 0) is 36.3 Å². The topological polar surface area (TPSA) is 67.4 Å². The smallest absolute Gasteiger partial charge is 0.328 e. The molecule has 1 aromatic rings. The van der Waals surface area contributed by atoms with Gasteiger partial charge < -0.3 is 15.4 Å². The van der Waals surface area contributed by atoms with Crippen molar-refractivity contribution in [2.75, 3.05) is 7.11 Å². The molecular formula is C17H24N2O3. The molecule has 0 radical (unpaired) electrons. The van der Waals surface area contributed by atoms with Crippen LogP contribution in [0.15, 0.2) is 24.3 Å². The average Bonchev–Trinajstić information content (AvgIpc) is 2.52. The summed E-state index contributed by atoms with van der Waals surface area (Å²) in [5.74, 6) is -0.453. The van der Waals surface area contributed by atoms with Crippen molar-refractivity contribution >= 4 is 12.0 Å². The van der Waals surface area contributed by atoms with Gasteiger partial charge in [-0.1, -0.05) is 38.1 Å². The van der Waals surface area contributed by atoms with Crippen molar-refractivity contribution in [2.45, 2.75) is 45.2 Å². The number of benzene rings is 1. The first-order valence-corrected chi connectivity index (χ1v) is 7.75. The molecule has 0 saturated heterocycles. The van der Waals surface area contributed by atoms with Gasteiger partial charge in [0.15, 0.2) is 0 Å². The summed E-state index contributed by atoms with van der Waals surface area (Å²) in [5, 5.41) is 5.70. The maximum Gasteiger partial charge on any atom is 0.328 e. The zero-order valence-corrected chi connectivity index (χ0v) is 13.4. The van der Waals surface area contributed by atoms with E-state index in [4.69, 9.17) is 4.74 Å². The molecule has 2 rings (SSSR count). The molecule has 2 atom stereocenters. The first-order chi connectivity index (χ1) is 10.5. The summed E-state index contributed by atoms with van der Waals surface area (Å²) in [6, 6.07) is 7.20. The standard InChI is InChI=1S/C17H24N2O3/c1-11(2)15(16(20)22-3)19-17(21)18-14-10-6-8-12-7-4-5-9-13(12)14/h4-5,7,9,11,14-15H,6,8,10H2,1-3H3,(H2,18,19,21)/t14?,15-/m0/s1. The van der Waals surface area contributed by atoms with Crippen LogP contribution in [0, 0.1) is 5.92 Å². The molecule has 0 fully saturated rings. The number of aryl methyl sites for hydroxylation is 1. The number of fused-ring (bicyclic) bond motifs is 1. The predicted molar refractivity (Wildman–Crippen MR) is 84.4 cm³/mol. The molecule has 0 saturated carbocycles. The second-order valence-corrected chi connectivity index (χ2v) is 6.01. The highest BCUT2D eigenvalue weighted by Crippen LogP contribution is 2.29. The third kappa shape index (κ3) is 3.78. The van der Waals surface area contributed by atoms with Crippen LogP contribution < -0.4 is 10.6 Å². The Bertz CT molecular complexity index is 542. The second-order valence-electron chi connectivity index (χ2n) is 6.01. The summed E-state index contributed by atoms with van der Waals surface area (Å²) in [6.45, 7) is 3.75. The molecule has 1 unspecified atom stereocenters. The van der Waals surface area contributed by atoms with Gasteiger partial charge in [0, 0.05) is 0 Å². The molecule has 1 aliphatic rings. The highest BCUT2D eigenvalue weighted by atomic mass is 16.5. The van der Waals surface area contributed by atoms with E-state index in [-0.39, 0.29) is 18.0 Å². The summed E-state index contributed by atoms with van der Waals surface area (Å²) in [7, 11) is 1.33. The lowest BCUT2D eigenvalue weighted by molar-refractivity contribution is -0.143. The normalized spacial score (nSPS) is 18.3. The fourth-order valence-corrected chi connectivity index (χ4v) is 2.87. The first-order valence-electron chi connectivity index (χ1n) is 7.75. The van der Waals surface area contributed by atoms with Crippen LogP contribution in [0.3, 0.4) is 0 Å². The predicted octanol–water partition coefficient (Wildman–Crippen LogP) is 2.56. The van der Waals surface area contributed by atoms with Gasteiger partial charge in [-0.25, -0.2) is 9.59 Å². The van der Waals surface area contributed by atoms with E-state index < -0.39 is 12.0 Å². The fourth-order valence-electron chi connectivity index (χ4n) is 2.87. The lowest BCUT2D eigenvalue weighted by atomic mass is 9.88. The molecule has 22 heavy (non-hydrogen) atoms. The summed E-state index contributed by atoms with van der Waals surface area (Å²) in [6.07, 6.45) is 3.01. The number of ether oxygens (including phenoxy) is 1. The second kappa shape index (κ2) is 7.29. The number of hydrogen-bond acceptors (Lipinski definition) is 3. The van der Waals surface area contributed by atoms with Gasteiger partial charge in [0.25, 0.3) is 0 Å². The van der Waals surface area contributed by atoms with E-state index in [2.05, 4.69) is 22.8 Å². The number of esters is 1. The van der Waals surface area contributed by atoms with E-state index in [0.717, 1.165) is 19.3 Å². The molecule has 0 spiro atoms. The van der Waals surface area contributed by atoms with Crippen molar-refractivity contribution in [1.82, 2.24) is 10.6 Å². The lowest BCUT2D eigenvalue weighted by Gasteiger charge is -2.28. The van der Waals surface area contributed by atoms with Crippen LogP contribution in [0.1, 0.15) is 43.9 Å². The van der Waals surface area contributed by atoms with E-state index in [9.17, 15) is 9.59 Å². The molecule has 1 aliphatic carbocycles. The summed E-state index contributed by atoms with van der Waals surface area (Å²) < 4.78 is 4.74. The molecular weight excluding hydrogens is 280 g/mol. The van der Waals surface area contributed by atoms with Crippen LogP contribution in [0.4, 0.5) is 4.79 Å². The zero-order chi connectivity index (χ0) is 16.1. The molecule has 120 valence electrons. The maximum absolute atomic E-state index is 12.2. The number of urea groups is 1. The number of rotatable bonds is 4. The Hall–Kier alpha value is -2.04. The lowest BCUT2D eigenvalue weighted by Crippen LogP contribution is -2.50. The minimum absolute atomic E-state index is 0.00425. The van der Waals surface area contributed by atoms with E-state index in [1.807, 2.05) is 26.0 Å². The Morgan fingerprint density at radius 3 is 2.68 bits per heavy atom. The Balaban J connectivity index is 2.02. The largest absolute Gasteiger partial charge is 0.467 e. The van der Waals surface area contributed by atoms with Gasteiger partial charge in [0.1, 0.15) is 6.04 Å². The molecule has 1 aromatic carbocycles. The van der Waals surface area contributed by atoms with Crippen molar-refractivity contribution in [3.63, 3.8) is 0 Å². The first kappa shape index (κ1) is 16.3. The van der Waals surface area contributed by atoms with Gasteiger partial charge in [0.2, 0.25) is 0 Å². The summed E-state index contributed by atoms with van der Waals surface area (Å²) >= 11 is 0. The maximum atomic E-state index is 12.2. The van der Waals surface area contributed by atoms with Crippen molar-refractivity contribution in [3.8, 4) is 0 Å². The molecule has 5 heteroatoms. The minimum atomic E-state index is -0.635. The van der Waals surface area contributed by atoms with E-state index in [1.165, 1.54) is 18.2 Å². The average molecular weight is 304 g/mol. The number of nitrogens with one attached hydrogen (secondary N) is 2. The molecule has 5 nitrogen and oxygen atoms in total. The quantitative estimate of drug-likeness (QED) is 0.840. The van der Waals surface area contributed by atoms with Crippen molar-refractivity contribution < 1.29 is 14.3 Å². The third-order valence-corrected chi connectivity index (χ3v) is 4.08. The highest BCUT2D eigenvalue weighted by Gasteiger charge is 2.27. The van der Waals surface area contributed by atoms with Crippen LogP contribution in [-0.2, 0) is 16.0 Å². The minimum Gasteiger partial charge on any atom is -0.467 e. The van der Waals surface area contributed by atoms with Crippen molar-refractivity contribution in [1.29, 1.82) is 0 Å². The number of amides is 2. The number of carbonyl (C=O) groups excluding carboxylic acids is 2. The van der Waals surface area contributed by atoms with E-state index in [0.29, 0.717) is 0 Å². The monoisotopic (exact) mass is 304 g/mol. The van der Waals surface area contributed by atoms with E-state index >= 15 is 0 Å². The van der Waals surface area contributed by atoms with Crippen LogP contribution in [0.2, 0.25) is 0 Å². The molecule has 0 aromatic heterocycles. The highest BCUT2D eigenvalue weighted by molar-refractivity contribution is 5.83. The van der Waals surface area contributed by atoms with E-state index in [1.54, 1.807) is 0 Å². The molecule has 2 N–H and O–H groups in total. The van der Waals surface area contributed by atoms with Crippen LogP contribution in [0.5, 0.6) is 0 Å². The molecule has 2 amide bonds. The third-order valence-electron chi connectivity index (χ3n) is 4.08. The van der Waals surface area contributed by atoms with Gasteiger partial charge in [0.05, 0.1) is 13.2 Å². The summed E-state index contributed by atoms with van der Waals surface area (Å²) in [5.41, 5.74) is 2.45. The fraction of sp³-hybridized carbons (Fsp3) is 0.529. The molecule has 0 bridgehead atoms. The Morgan fingerprint density at radius 1 is 1.27 bits per heavy atom. The van der Waals surface area contributed by atoms with Crippen LogP contribution >= 0.6 is 0 Å². The van der Waals surface area contributed by atoms with Gasteiger partial charge >= 0.3 is 12.0 Å². The SMILES string of the molecule is COC(=O)[C@@H](NC(=O)NC1CCCc2ccccc21)C(C)C. The number of methoxy groups -OCH3 is 1. The number of hydrogen-bond donors (Lipinski definition) is 2. The van der Waals surface area contributed by atoms with Gasteiger partial charge in [-0.3, -0.25) is 0 Å². The van der Waals surface area contributed by atoms with Gasteiger partial charge in [-0.2, -0.15) is 0 Å². The van der Waals surface area contributed by atoms with Gasteiger partial charge in [-0.15, -0.1) is 0 Å². The summed E-state index contributed by atoms with van der Waals surface area (Å²) in [4.78, 5) is 23.9. The Labute approximate surface area is 131 Å². The van der Waals surface area contributed by atoms with Crippen molar-refractivity contribution in [3.05, 3.63) is 35.4 Å². The molecule has 0 heterocycles.